The summed E-state index contributed by atoms with van der Waals surface area (Å²) in [6, 6.07) is 21.2. The summed E-state index contributed by atoms with van der Waals surface area (Å²) < 4.78 is 10.5. The normalized spacial score (nSPS) is 14.2. The molecule has 220 valence electrons. The van der Waals surface area contributed by atoms with E-state index in [2.05, 4.69) is 40.4 Å². The lowest BCUT2D eigenvalue weighted by Gasteiger charge is -2.22. The maximum absolute atomic E-state index is 13.7. The van der Waals surface area contributed by atoms with E-state index in [4.69, 9.17) is 38.0 Å². The molecule has 0 amide bonds. The molecule has 0 bridgehead atoms. The number of aromatic nitrogens is 3. The first-order valence-electron chi connectivity index (χ1n) is 14.4. The monoisotopic (exact) mass is 676 g/mol. The van der Waals surface area contributed by atoms with Crippen LogP contribution in [0.3, 0.4) is 0 Å². The van der Waals surface area contributed by atoms with Crippen LogP contribution in [0, 0.1) is 13.8 Å². The van der Waals surface area contributed by atoms with Gasteiger partial charge >= 0.3 is 0 Å². The quantitative estimate of drug-likeness (QED) is 0.161. The van der Waals surface area contributed by atoms with E-state index in [1.165, 1.54) is 11.1 Å². The third-order valence-electron chi connectivity index (χ3n) is 8.07. The van der Waals surface area contributed by atoms with Crippen molar-refractivity contribution in [2.45, 2.75) is 58.5 Å². The Morgan fingerprint density at radius 1 is 0.977 bits per heavy atom. The van der Waals surface area contributed by atoms with Crippen LogP contribution in [0.2, 0.25) is 10.0 Å². The Balaban J connectivity index is 1.28. The van der Waals surface area contributed by atoms with Crippen molar-refractivity contribution in [2.24, 2.45) is 5.10 Å². The van der Waals surface area contributed by atoms with Gasteiger partial charge in [0.2, 0.25) is 0 Å². The van der Waals surface area contributed by atoms with E-state index in [-0.39, 0.29) is 11.5 Å². The van der Waals surface area contributed by atoms with Gasteiger partial charge in [0.05, 0.1) is 27.2 Å². The Bertz CT molecular complexity index is 1890. The van der Waals surface area contributed by atoms with E-state index in [9.17, 15) is 4.79 Å². The average Bonchev–Trinajstić information content (AvgIpc) is 3.30. The van der Waals surface area contributed by atoms with Gasteiger partial charge < -0.3 is 9.30 Å². The third-order valence-corrected chi connectivity index (χ3v) is 9.30. The molecule has 0 aliphatic heterocycles. The fourth-order valence-corrected chi connectivity index (χ4v) is 6.51. The molecule has 1 aliphatic carbocycles. The van der Waals surface area contributed by atoms with Gasteiger partial charge in [-0.05, 0) is 92.9 Å². The van der Waals surface area contributed by atoms with Gasteiger partial charge in [-0.1, -0.05) is 64.5 Å². The Labute approximate surface area is 269 Å². The van der Waals surface area contributed by atoms with Gasteiger partial charge in [-0.15, -0.1) is 0 Å². The second-order valence-electron chi connectivity index (χ2n) is 11.0. The van der Waals surface area contributed by atoms with E-state index in [1.54, 1.807) is 12.3 Å². The summed E-state index contributed by atoms with van der Waals surface area (Å²) in [4.78, 5) is 18.7. The first-order valence-corrected chi connectivity index (χ1v) is 16.0. The smallest absolute Gasteiger partial charge is 0.282 e. The Morgan fingerprint density at radius 2 is 1.74 bits per heavy atom. The molecule has 0 unspecified atom stereocenters. The van der Waals surface area contributed by atoms with Crippen LogP contribution < -0.4 is 10.3 Å². The van der Waals surface area contributed by atoms with E-state index < -0.39 is 0 Å². The minimum Gasteiger partial charge on any atom is -0.489 e. The summed E-state index contributed by atoms with van der Waals surface area (Å²) in [5, 5.41) is 6.36. The summed E-state index contributed by atoms with van der Waals surface area (Å²) in [5.74, 6) is 1.72. The minimum absolute atomic E-state index is 0.145. The number of rotatable bonds is 7. The van der Waals surface area contributed by atoms with Crippen LogP contribution in [0.1, 0.15) is 66.4 Å². The molecule has 43 heavy (non-hydrogen) atoms. The molecule has 0 spiro atoms. The van der Waals surface area contributed by atoms with Crippen molar-refractivity contribution in [3.8, 4) is 11.4 Å². The molecule has 9 heteroatoms. The highest BCUT2D eigenvalue weighted by molar-refractivity contribution is 9.10. The molecule has 0 atom stereocenters. The van der Waals surface area contributed by atoms with Gasteiger partial charge in [0.15, 0.2) is 0 Å². The fourth-order valence-electron chi connectivity index (χ4n) is 5.83. The zero-order valence-electron chi connectivity index (χ0n) is 24.0. The topological polar surface area (TPSA) is 61.4 Å². The van der Waals surface area contributed by atoms with Gasteiger partial charge in [0.1, 0.15) is 18.2 Å². The lowest BCUT2D eigenvalue weighted by atomic mass is 9.88. The van der Waals surface area contributed by atoms with Crippen LogP contribution >= 0.6 is 39.1 Å². The van der Waals surface area contributed by atoms with Crippen LogP contribution in [0.4, 0.5) is 0 Å². The molecule has 6 rings (SSSR count). The van der Waals surface area contributed by atoms with Gasteiger partial charge in [0, 0.05) is 33.0 Å². The zero-order chi connectivity index (χ0) is 30.1. The molecular formula is C34H31BrCl2N4O2. The lowest BCUT2D eigenvalue weighted by Crippen LogP contribution is -2.25. The largest absolute Gasteiger partial charge is 0.489 e. The van der Waals surface area contributed by atoms with Gasteiger partial charge in [-0.3, -0.25) is 4.79 Å². The van der Waals surface area contributed by atoms with Crippen LogP contribution in [-0.4, -0.2) is 20.4 Å². The molecule has 0 N–H and O–H groups in total. The van der Waals surface area contributed by atoms with E-state index >= 15 is 0 Å². The Kier molecular flexibility index (Phi) is 8.75. The van der Waals surface area contributed by atoms with Crippen molar-refractivity contribution >= 4 is 56.2 Å². The predicted molar refractivity (Wildman–Crippen MR) is 179 cm³/mol. The molecule has 3 aromatic carbocycles. The fraction of sp³-hybridized carbons (Fsp3) is 0.265. The Morgan fingerprint density at radius 3 is 2.49 bits per heavy atom. The van der Waals surface area contributed by atoms with Crippen molar-refractivity contribution in [1.82, 2.24) is 14.2 Å². The number of fused-ring (bicyclic) bond motifs is 1. The summed E-state index contributed by atoms with van der Waals surface area (Å²) in [6.07, 6.45) is 7.33. The standard InChI is InChI=1S/C34H31BrCl2N4O2/c1-21-16-25(22(2)40(21)27-10-12-28(13-11-27)43-20-23-8-14-30(36)31(37)17-23)19-38-41-33(24-6-4-3-5-7-24)39-32-15-9-26(35)18-29(32)34(41)42/h8-19,24H,3-7,20H2,1-2H3. The van der Waals surface area contributed by atoms with Crippen molar-refractivity contribution in [3.63, 3.8) is 0 Å². The van der Waals surface area contributed by atoms with Gasteiger partial charge in [0.25, 0.3) is 5.56 Å². The van der Waals surface area contributed by atoms with Crippen LogP contribution in [0.15, 0.2) is 81.1 Å². The number of halogens is 3. The predicted octanol–water partition coefficient (Wildman–Crippen LogP) is 9.38. The molecule has 2 aromatic heterocycles. The summed E-state index contributed by atoms with van der Waals surface area (Å²) >= 11 is 15.7. The maximum Gasteiger partial charge on any atom is 0.282 e. The number of hydrogen-bond donors (Lipinski definition) is 0. The SMILES string of the molecule is Cc1cc(C=Nn2c(C3CCCCC3)nc3ccc(Br)cc3c2=O)c(C)n1-c1ccc(OCc2ccc(Cl)c(Cl)c2)cc1. The van der Waals surface area contributed by atoms with Crippen molar-refractivity contribution in [1.29, 1.82) is 0 Å². The zero-order valence-corrected chi connectivity index (χ0v) is 27.1. The summed E-state index contributed by atoms with van der Waals surface area (Å²) in [5.41, 5.74) is 5.54. The third kappa shape index (κ3) is 6.30. The molecule has 6 nitrogen and oxygen atoms in total. The van der Waals surface area contributed by atoms with Crippen LogP contribution in [0.5, 0.6) is 5.75 Å². The lowest BCUT2D eigenvalue weighted by molar-refractivity contribution is 0.306. The van der Waals surface area contributed by atoms with E-state index in [0.717, 1.165) is 69.9 Å². The number of aryl methyl sites for hydroxylation is 1. The molecule has 1 fully saturated rings. The van der Waals surface area contributed by atoms with E-state index in [0.29, 0.717) is 27.6 Å². The second-order valence-corrected chi connectivity index (χ2v) is 12.8. The first kappa shape index (κ1) is 29.7. The summed E-state index contributed by atoms with van der Waals surface area (Å²) in [7, 11) is 0. The van der Waals surface area contributed by atoms with Gasteiger partial charge in [-0.25, -0.2) is 4.98 Å². The van der Waals surface area contributed by atoms with Crippen LogP contribution in [0.25, 0.3) is 16.6 Å². The highest BCUT2D eigenvalue weighted by Gasteiger charge is 2.23. The molecule has 0 radical (unpaired) electrons. The average molecular weight is 678 g/mol. The van der Waals surface area contributed by atoms with Gasteiger partial charge in [-0.2, -0.15) is 9.78 Å². The first-order chi connectivity index (χ1) is 20.8. The highest BCUT2D eigenvalue weighted by Crippen LogP contribution is 2.32. The van der Waals surface area contributed by atoms with Crippen molar-refractivity contribution in [3.05, 3.63) is 120 Å². The molecule has 2 heterocycles. The summed E-state index contributed by atoms with van der Waals surface area (Å²) in [6.45, 7) is 4.51. The van der Waals surface area contributed by atoms with Crippen molar-refractivity contribution < 1.29 is 4.74 Å². The number of nitrogens with zero attached hydrogens (tertiary/aromatic N) is 4. The molecule has 1 aliphatic rings. The number of hydrogen-bond acceptors (Lipinski definition) is 4. The van der Waals surface area contributed by atoms with Crippen LogP contribution in [-0.2, 0) is 6.61 Å². The Hall–Kier alpha value is -3.39. The van der Waals surface area contributed by atoms with Crippen molar-refractivity contribution in [2.75, 3.05) is 0 Å². The van der Waals surface area contributed by atoms with E-state index in [1.807, 2.05) is 54.6 Å². The molecular weight excluding hydrogens is 647 g/mol. The molecule has 5 aromatic rings. The maximum atomic E-state index is 13.7. The number of ether oxygens (including phenoxy) is 1. The highest BCUT2D eigenvalue weighted by atomic mass is 79.9. The molecule has 1 saturated carbocycles. The number of benzene rings is 3. The minimum atomic E-state index is -0.145. The second kappa shape index (κ2) is 12.7. The molecule has 0 saturated heterocycles.